The largest absolute Gasteiger partial charge is 0.478 e. The van der Waals surface area contributed by atoms with Gasteiger partial charge in [0.15, 0.2) is 0 Å². The monoisotopic (exact) mass is 401 g/mol. The van der Waals surface area contributed by atoms with E-state index in [9.17, 15) is 9.59 Å². The topological polar surface area (TPSA) is 87.1 Å². The van der Waals surface area contributed by atoms with Gasteiger partial charge in [-0.1, -0.05) is 29.8 Å². The second-order valence-electron chi connectivity index (χ2n) is 6.77. The summed E-state index contributed by atoms with van der Waals surface area (Å²) in [7, 11) is 2.18. The molecule has 0 bridgehead atoms. The van der Waals surface area contributed by atoms with E-state index in [1.165, 1.54) is 11.1 Å². The van der Waals surface area contributed by atoms with Crippen molar-refractivity contribution in [3.05, 3.63) is 70.8 Å². The lowest BCUT2D eigenvalue weighted by Crippen LogP contribution is -2.14. The number of carbonyl (C=O) groups is 2. The van der Waals surface area contributed by atoms with Gasteiger partial charge in [-0.3, -0.25) is 0 Å². The quantitative estimate of drug-likeness (QED) is 0.740. The molecule has 2 atom stereocenters. The fraction of sp³-hybridized carbons (Fsp3) is 0.238. The number of nitrogens with zero attached hydrogens (tertiary/aromatic N) is 1. The predicted octanol–water partition coefficient (Wildman–Crippen LogP) is 3.97. The fourth-order valence-corrected chi connectivity index (χ4v) is 3.85. The number of aliphatic carboxylic acids is 2. The van der Waals surface area contributed by atoms with Crippen molar-refractivity contribution in [1.29, 1.82) is 0 Å². The third-order valence-corrected chi connectivity index (χ3v) is 5.02. The maximum atomic E-state index is 9.55. The molecule has 2 unspecified atom stereocenters. The van der Waals surface area contributed by atoms with Crippen LogP contribution in [0, 0.1) is 0 Å². The highest BCUT2D eigenvalue weighted by molar-refractivity contribution is 6.30. The molecule has 1 saturated heterocycles. The van der Waals surface area contributed by atoms with Crippen molar-refractivity contribution in [1.82, 2.24) is 4.90 Å². The number of benzene rings is 2. The van der Waals surface area contributed by atoms with Crippen LogP contribution in [0.15, 0.2) is 54.6 Å². The Kier molecular flexibility index (Phi) is 6.02. The van der Waals surface area contributed by atoms with Crippen LogP contribution in [0.1, 0.15) is 23.0 Å². The van der Waals surface area contributed by atoms with Crippen molar-refractivity contribution in [3.63, 3.8) is 0 Å². The van der Waals surface area contributed by atoms with Gasteiger partial charge >= 0.3 is 11.9 Å². The molecule has 0 radical (unpaired) electrons. The molecule has 2 aliphatic heterocycles. The number of para-hydroxylation sites is 1. The minimum atomic E-state index is -1.26. The van der Waals surface area contributed by atoms with Crippen LogP contribution in [-0.2, 0) is 9.59 Å². The molecule has 2 aliphatic rings. The van der Waals surface area contributed by atoms with Crippen molar-refractivity contribution in [3.8, 4) is 11.5 Å². The van der Waals surface area contributed by atoms with Crippen LogP contribution >= 0.6 is 11.6 Å². The minimum Gasteiger partial charge on any atom is -0.478 e. The number of hydrogen-bond acceptors (Lipinski definition) is 4. The van der Waals surface area contributed by atoms with Crippen LogP contribution in [0.3, 0.4) is 0 Å². The number of likely N-dealkylation sites (tertiary alicyclic amines) is 1. The van der Waals surface area contributed by atoms with Crippen molar-refractivity contribution in [2.24, 2.45) is 0 Å². The van der Waals surface area contributed by atoms with E-state index in [0.717, 1.165) is 29.6 Å². The molecule has 2 N–H and O–H groups in total. The summed E-state index contributed by atoms with van der Waals surface area (Å²) in [6, 6.07) is 14.4. The van der Waals surface area contributed by atoms with E-state index in [0.29, 0.717) is 24.0 Å². The Hall–Kier alpha value is -2.83. The van der Waals surface area contributed by atoms with Gasteiger partial charge in [-0.05, 0) is 36.9 Å². The van der Waals surface area contributed by atoms with Gasteiger partial charge < -0.3 is 19.8 Å². The predicted molar refractivity (Wildman–Crippen MR) is 105 cm³/mol. The summed E-state index contributed by atoms with van der Waals surface area (Å²) in [5.41, 5.74) is 2.55. The average molecular weight is 402 g/mol. The van der Waals surface area contributed by atoms with E-state index in [-0.39, 0.29) is 0 Å². The number of carboxylic acids is 2. The van der Waals surface area contributed by atoms with Crippen molar-refractivity contribution < 1.29 is 24.5 Å². The summed E-state index contributed by atoms with van der Waals surface area (Å²) in [4.78, 5) is 21.5. The van der Waals surface area contributed by atoms with Crippen LogP contribution in [0.4, 0.5) is 0 Å². The second kappa shape index (κ2) is 8.46. The van der Waals surface area contributed by atoms with E-state index in [1.54, 1.807) is 0 Å². The SMILES string of the molecule is CN1CC2c3ccccc3Oc3ccc(Cl)cc3C2C1.O=C(O)/C=C/C(=O)O. The third kappa shape index (κ3) is 4.52. The normalized spacial score (nSPS) is 20.1. The first kappa shape index (κ1) is 19.9. The maximum absolute atomic E-state index is 9.55. The number of hydrogen-bond donors (Lipinski definition) is 2. The van der Waals surface area contributed by atoms with E-state index in [4.69, 9.17) is 26.6 Å². The summed E-state index contributed by atoms with van der Waals surface area (Å²) in [6.45, 7) is 2.12. The molecule has 2 aromatic rings. The highest BCUT2D eigenvalue weighted by Crippen LogP contribution is 2.49. The summed E-state index contributed by atoms with van der Waals surface area (Å²) < 4.78 is 6.15. The van der Waals surface area contributed by atoms with E-state index < -0.39 is 11.9 Å². The van der Waals surface area contributed by atoms with Gasteiger partial charge in [0.2, 0.25) is 0 Å². The zero-order valence-corrected chi connectivity index (χ0v) is 16.0. The van der Waals surface area contributed by atoms with Gasteiger partial charge in [0, 0.05) is 47.7 Å². The molecule has 2 heterocycles. The van der Waals surface area contributed by atoms with Crippen LogP contribution in [-0.4, -0.2) is 47.2 Å². The molecule has 0 spiro atoms. The summed E-state index contributed by atoms with van der Waals surface area (Å²) >= 11 is 6.20. The Bertz CT molecular complexity index is 911. The van der Waals surface area contributed by atoms with Crippen molar-refractivity contribution >= 4 is 23.5 Å². The number of rotatable bonds is 2. The molecule has 0 amide bonds. The Labute approximate surface area is 167 Å². The molecule has 0 aliphatic carbocycles. The van der Waals surface area contributed by atoms with Crippen LogP contribution < -0.4 is 4.74 Å². The van der Waals surface area contributed by atoms with E-state index in [1.807, 2.05) is 18.2 Å². The standard InChI is InChI=1S/C17H16ClNO.C4H4O4/c1-19-9-14-12-4-2-3-5-16(12)20-17-7-6-11(18)8-13(17)15(14)10-19;5-3(6)1-2-4(7)8/h2-8,14-15H,9-10H2,1H3;1-2H,(H,5,6)(H,7,8)/b;2-1+. The first-order valence-corrected chi connectivity index (χ1v) is 9.11. The zero-order chi connectivity index (χ0) is 20.3. The molecule has 7 heteroatoms. The van der Waals surface area contributed by atoms with Gasteiger partial charge in [0.05, 0.1) is 0 Å². The highest BCUT2D eigenvalue weighted by atomic mass is 35.5. The summed E-state index contributed by atoms with van der Waals surface area (Å²) in [6.07, 6.45) is 1.12. The smallest absolute Gasteiger partial charge is 0.328 e. The molecule has 0 aromatic heterocycles. The van der Waals surface area contributed by atoms with Gasteiger partial charge in [0.1, 0.15) is 11.5 Å². The zero-order valence-electron chi connectivity index (χ0n) is 15.2. The van der Waals surface area contributed by atoms with E-state index in [2.05, 4.69) is 36.2 Å². The third-order valence-electron chi connectivity index (χ3n) is 4.78. The Morgan fingerprint density at radius 2 is 1.57 bits per heavy atom. The minimum absolute atomic E-state index is 0.456. The molecular weight excluding hydrogens is 382 g/mol. The van der Waals surface area contributed by atoms with Crippen LogP contribution in [0.2, 0.25) is 5.02 Å². The van der Waals surface area contributed by atoms with Gasteiger partial charge in [-0.2, -0.15) is 0 Å². The maximum Gasteiger partial charge on any atom is 0.328 e. The Morgan fingerprint density at radius 1 is 1.00 bits per heavy atom. The molecular formula is C21H20ClNO5. The molecule has 28 heavy (non-hydrogen) atoms. The summed E-state index contributed by atoms with van der Waals surface area (Å²) in [5.74, 6) is 0.358. The first-order chi connectivity index (χ1) is 13.3. The molecule has 146 valence electrons. The second-order valence-corrected chi connectivity index (χ2v) is 7.20. The number of ether oxygens (including phenoxy) is 1. The lowest BCUT2D eigenvalue weighted by Gasteiger charge is -2.17. The van der Waals surface area contributed by atoms with Crippen molar-refractivity contribution in [2.45, 2.75) is 11.8 Å². The summed E-state index contributed by atoms with van der Waals surface area (Å²) in [5, 5.41) is 16.4. The fourth-order valence-electron chi connectivity index (χ4n) is 3.67. The van der Waals surface area contributed by atoms with E-state index >= 15 is 0 Å². The average Bonchev–Trinajstić information content (AvgIpc) is 2.98. The molecule has 2 aromatic carbocycles. The molecule has 1 fully saturated rings. The van der Waals surface area contributed by atoms with Gasteiger partial charge in [0.25, 0.3) is 0 Å². The van der Waals surface area contributed by atoms with Crippen LogP contribution in [0.25, 0.3) is 0 Å². The lowest BCUT2D eigenvalue weighted by molar-refractivity contribution is -0.134. The molecule has 6 nitrogen and oxygen atoms in total. The number of likely N-dealkylation sites (N-methyl/N-ethyl adjacent to an activating group) is 1. The van der Waals surface area contributed by atoms with Gasteiger partial charge in [-0.15, -0.1) is 0 Å². The Morgan fingerprint density at radius 3 is 2.21 bits per heavy atom. The first-order valence-electron chi connectivity index (χ1n) is 8.74. The number of carboxylic acid groups (broad SMARTS) is 2. The molecule has 0 saturated carbocycles. The van der Waals surface area contributed by atoms with Crippen molar-refractivity contribution in [2.75, 3.05) is 20.1 Å². The highest BCUT2D eigenvalue weighted by Gasteiger charge is 2.38. The Balaban J connectivity index is 0.000000242. The lowest BCUT2D eigenvalue weighted by atomic mass is 9.84. The van der Waals surface area contributed by atoms with Gasteiger partial charge in [-0.25, -0.2) is 9.59 Å². The number of fused-ring (bicyclic) bond motifs is 5. The number of halogens is 1. The van der Waals surface area contributed by atoms with Crippen LogP contribution in [0.5, 0.6) is 11.5 Å². The molecule has 4 rings (SSSR count).